The summed E-state index contributed by atoms with van der Waals surface area (Å²) < 4.78 is 35.2. The third-order valence-electron chi connectivity index (χ3n) is 5.26. The molecule has 0 aliphatic heterocycles. The maximum atomic E-state index is 6.16. The van der Waals surface area contributed by atoms with Crippen molar-refractivity contribution in [2.45, 2.75) is 18.5 Å². The molecule has 0 aromatic heterocycles. The van der Waals surface area contributed by atoms with E-state index in [1.807, 2.05) is 54.6 Å². The minimum absolute atomic E-state index is 0.313. The van der Waals surface area contributed by atoms with Gasteiger partial charge in [-0.1, -0.05) is 66.5 Å². The monoisotopic (exact) mass is 606 g/mol. The summed E-state index contributed by atoms with van der Waals surface area (Å²) in [5.74, 6) is 4.05. The van der Waals surface area contributed by atoms with Gasteiger partial charge in [-0.25, -0.2) is 0 Å². The smallest absolute Gasteiger partial charge is 0.123 e. The van der Waals surface area contributed by atoms with Crippen molar-refractivity contribution in [3.8, 4) is 34.5 Å². The summed E-state index contributed by atoms with van der Waals surface area (Å²) in [4.78, 5) is 0. The van der Waals surface area contributed by atoms with Gasteiger partial charge >= 0.3 is 0 Å². The van der Waals surface area contributed by atoms with Crippen molar-refractivity contribution in [1.29, 1.82) is 0 Å². The van der Waals surface area contributed by atoms with Crippen LogP contribution in [-0.4, -0.2) is 26.4 Å². The third kappa shape index (κ3) is 10.2. The quantitative estimate of drug-likeness (QED) is 0.102. The molecule has 40 heavy (non-hydrogen) atoms. The fourth-order valence-electron chi connectivity index (χ4n) is 3.59. The first-order chi connectivity index (χ1) is 19.6. The van der Waals surface area contributed by atoms with Crippen LogP contribution in [0.4, 0.5) is 0 Å². The van der Waals surface area contributed by atoms with Crippen LogP contribution in [0.5, 0.6) is 34.5 Å². The Hall–Kier alpha value is -4.10. The summed E-state index contributed by atoms with van der Waals surface area (Å²) in [6.07, 6.45) is 6.78. The molecule has 0 aliphatic rings. The van der Waals surface area contributed by atoms with Gasteiger partial charge in [-0.15, -0.1) is 0 Å². The second kappa shape index (κ2) is 16.8. The van der Waals surface area contributed by atoms with Gasteiger partial charge in [-0.05, 0) is 53.1 Å². The number of alkyl halides is 1. The molecule has 0 aliphatic carbocycles. The van der Waals surface area contributed by atoms with Gasteiger partial charge in [0.1, 0.15) is 74.1 Å². The van der Waals surface area contributed by atoms with E-state index in [9.17, 15) is 0 Å². The molecule has 0 fully saturated rings. The van der Waals surface area contributed by atoms with Crippen molar-refractivity contribution < 1.29 is 28.4 Å². The van der Waals surface area contributed by atoms with Gasteiger partial charge in [0.2, 0.25) is 0 Å². The summed E-state index contributed by atoms with van der Waals surface area (Å²) >= 11 is 3.54. The lowest BCUT2D eigenvalue weighted by Crippen LogP contribution is -2.02. The molecule has 3 rings (SSSR count). The van der Waals surface area contributed by atoms with E-state index in [2.05, 4.69) is 42.2 Å². The normalized spacial score (nSPS) is 10.2. The van der Waals surface area contributed by atoms with Crippen LogP contribution in [0.25, 0.3) is 0 Å². The predicted molar refractivity (Wildman–Crippen MR) is 163 cm³/mol. The van der Waals surface area contributed by atoms with Crippen LogP contribution < -0.4 is 28.4 Å². The van der Waals surface area contributed by atoms with Gasteiger partial charge in [0.15, 0.2) is 0 Å². The van der Waals surface area contributed by atoms with Crippen LogP contribution in [0.2, 0.25) is 0 Å². The molecule has 0 bridgehead atoms. The topological polar surface area (TPSA) is 55.4 Å². The molecule has 0 amide bonds. The minimum Gasteiger partial charge on any atom is -0.489 e. The standard InChI is InChI=1S/C33H35BrO6/c1-5-9-35-28-15-26(16-29(19-28)36-10-6-2)23-39-32-13-25(22-34)14-33(21-32)40-24-27-17-30(37-11-7-3)20-31(18-27)38-12-8-4/h5-8,13-21H,1-4,9-12,22-24H2. The van der Waals surface area contributed by atoms with Gasteiger partial charge < -0.3 is 28.4 Å². The SMILES string of the molecule is C=CCOc1cc(COc2cc(CBr)cc(OCc3cc(OCC=C)cc(OCC=C)c3)c2)cc(OCC=C)c1. The van der Waals surface area contributed by atoms with Crippen LogP contribution >= 0.6 is 15.9 Å². The Kier molecular flexibility index (Phi) is 12.8. The molecule has 0 atom stereocenters. The first-order valence-corrected chi connectivity index (χ1v) is 13.9. The molecular formula is C33H35BrO6. The number of halogens is 1. The van der Waals surface area contributed by atoms with E-state index in [1.165, 1.54) is 0 Å². The number of hydrogen-bond acceptors (Lipinski definition) is 6. The van der Waals surface area contributed by atoms with E-state index in [0.29, 0.717) is 79.5 Å². The first kappa shape index (κ1) is 30.4. The Morgan fingerprint density at radius 1 is 0.425 bits per heavy atom. The predicted octanol–water partition coefficient (Wildman–Crippen LogP) is 8.00. The summed E-state index contributed by atoms with van der Waals surface area (Å²) in [5, 5.41) is 0.648. The molecule has 0 saturated carbocycles. The van der Waals surface area contributed by atoms with Crippen LogP contribution in [0.1, 0.15) is 16.7 Å². The molecule has 0 radical (unpaired) electrons. The third-order valence-corrected chi connectivity index (χ3v) is 5.90. The van der Waals surface area contributed by atoms with Crippen LogP contribution in [0.15, 0.2) is 105 Å². The van der Waals surface area contributed by atoms with Crippen molar-refractivity contribution in [3.63, 3.8) is 0 Å². The van der Waals surface area contributed by atoms with Crippen molar-refractivity contribution >= 4 is 15.9 Å². The Labute approximate surface area is 245 Å². The summed E-state index contributed by atoms with van der Waals surface area (Å²) in [6.45, 7) is 17.0. The lowest BCUT2D eigenvalue weighted by molar-refractivity contribution is 0.286. The van der Waals surface area contributed by atoms with Crippen molar-refractivity contribution in [2.75, 3.05) is 26.4 Å². The lowest BCUT2D eigenvalue weighted by Gasteiger charge is -2.15. The molecule has 210 valence electrons. The molecule has 0 saturated heterocycles. The summed E-state index contributed by atoms with van der Waals surface area (Å²) in [5.41, 5.74) is 2.81. The Morgan fingerprint density at radius 2 is 0.700 bits per heavy atom. The van der Waals surface area contributed by atoms with E-state index in [1.54, 1.807) is 24.3 Å². The zero-order valence-electron chi connectivity index (χ0n) is 22.6. The molecule has 3 aromatic rings. The Bertz CT molecular complexity index is 1130. The molecule has 0 unspecified atom stereocenters. The van der Waals surface area contributed by atoms with Crippen molar-refractivity contribution in [2.24, 2.45) is 0 Å². The highest BCUT2D eigenvalue weighted by molar-refractivity contribution is 9.08. The van der Waals surface area contributed by atoms with Crippen LogP contribution in [0.3, 0.4) is 0 Å². The van der Waals surface area contributed by atoms with Gasteiger partial charge in [-0.2, -0.15) is 0 Å². The fourth-order valence-corrected chi connectivity index (χ4v) is 3.91. The minimum atomic E-state index is 0.313. The van der Waals surface area contributed by atoms with E-state index < -0.39 is 0 Å². The zero-order valence-corrected chi connectivity index (χ0v) is 24.2. The van der Waals surface area contributed by atoms with Gasteiger partial charge in [0.05, 0.1) is 0 Å². The lowest BCUT2D eigenvalue weighted by atomic mass is 10.2. The average molecular weight is 608 g/mol. The maximum absolute atomic E-state index is 6.16. The van der Waals surface area contributed by atoms with E-state index in [4.69, 9.17) is 28.4 Å². The van der Waals surface area contributed by atoms with Crippen molar-refractivity contribution in [3.05, 3.63) is 122 Å². The highest BCUT2D eigenvalue weighted by atomic mass is 79.9. The fraction of sp³-hybridized carbons (Fsp3) is 0.212. The molecule has 6 nitrogen and oxygen atoms in total. The Balaban J connectivity index is 1.74. The highest BCUT2D eigenvalue weighted by Gasteiger charge is 2.09. The molecule has 0 spiro atoms. The van der Waals surface area contributed by atoms with Crippen molar-refractivity contribution in [1.82, 2.24) is 0 Å². The second-order valence-electron chi connectivity index (χ2n) is 8.55. The molecule has 3 aromatic carbocycles. The van der Waals surface area contributed by atoms with Crippen LogP contribution in [-0.2, 0) is 18.5 Å². The van der Waals surface area contributed by atoms with E-state index in [0.717, 1.165) is 16.7 Å². The van der Waals surface area contributed by atoms with Gasteiger partial charge in [0, 0.05) is 23.5 Å². The molecule has 0 heterocycles. The number of hydrogen-bond donors (Lipinski definition) is 0. The van der Waals surface area contributed by atoms with Crippen LogP contribution in [0, 0.1) is 0 Å². The molecule has 7 heteroatoms. The summed E-state index contributed by atoms with van der Waals surface area (Å²) in [6, 6.07) is 17.2. The largest absolute Gasteiger partial charge is 0.489 e. The summed E-state index contributed by atoms with van der Waals surface area (Å²) in [7, 11) is 0. The number of ether oxygens (including phenoxy) is 6. The number of benzene rings is 3. The van der Waals surface area contributed by atoms with Gasteiger partial charge in [0.25, 0.3) is 0 Å². The van der Waals surface area contributed by atoms with Gasteiger partial charge in [-0.3, -0.25) is 0 Å². The highest BCUT2D eigenvalue weighted by Crippen LogP contribution is 2.29. The Morgan fingerprint density at radius 3 is 0.975 bits per heavy atom. The number of rotatable bonds is 19. The maximum Gasteiger partial charge on any atom is 0.123 e. The second-order valence-corrected chi connectivity index (χ2v) is 9.11. The van der Waals surface area contributed by atoms with E-state index >= 15 is 0 Å². The average Bonchev–Trinajstić information content (AvgIpc) is 2.98. The molecular weight excluding hydrogens is 572 g/mol. The first-order valence-electron chi connectivity index (χ1n) is 12.7. The molecule has 0 N–H and O–H groups in total. The van der Waals surface area contributed by atoms with E-state index in [-0.39, 0.29) is 0 Å². The zero-order chi connectivity index (χ0) is 28.6.